The molecule has 0 N–H and O–H groups in total. The molecule has 0 saturated heterocycles. The number of para-hydroxylation sites is 1. The lowest BCUT2D eigenvalue weighted by Gasteiger charge is -2.13. The van der Waals surface area contributed by atoms with Crippen molar-refractivity contribution in [3.8, 4) is 34.1 Å². The summed E-state index contributed by atoms with van der Waals surface area (Å²) >= 11 is 0. The van der Waals surface area contributed by atoms with Crippen molar-refractivity contribution in [2.24, 2.45) is 0 Å². The van der Waals surface area contributed by atoms with Crippen LogP contribution >= 0.6 is 0 Å². The van der Waals surface area contributed by atoms with E-state index in [2.05, 4.69) is 127 Å². The minimum Gasteiger partial charge on any atom is -0.457 e. The molecular formula is C40H38N4O. The first kappa shape index (κ1) is 28.6. The maximum Gasteiger partial charge on any atom is 0.137 e. The zero-order valence-corrected chi connectivity index (χ0v) is 26.2. The number of aryl methyl sites for hydroxylation is 2. The van der Waals surface area contributed by atoms with Gasteiger partial charge in [-0.2, -0.15) is 5.10 Å². The third-order valence-electron chi connectivity index (χ3n) is 8.56. The number of aromatic nitrogens is 4. The van der Waals surface area contributed by atoms with Gasteiger partial charge in [0.2, 0.25) is 0 Å². The van der Waals surface area contributed by atoms with Crippen molar-refractivity contribution in [3.63, 3.8) is 0 Å². The lowest BCUT2D eigenvalue weighted by Crippen LogP contribution is -2.04. The molecule has 0 saturated carbocycles. The number of pyridine rings is 1. The van der Waals surface area contributed by atoms with Crippen LogP contribution in [0, 0.1) is 13.8 Å². The molecule has 3 heterocycles. The van der Waals surface area contributed by atoms with Gasteiger partial charge in [0.05, 0.1) is 28.1 Å². The standard InChI is InChI=1S/C40H38N4O/c1-4-5-6-10-20-37-40(30-14-8-7-9-15-30)29(3)42-44(37)31-16-13-17-32(26-31)45-33-21-22-35-34-18-11-12-19-36(34)43(38(35)27-33)39-25-28(2)23-24-41-39/h7-9,11-19,21-27H,4-6,10,20H2,1-3H3. The van der Waals surface area contributed by atoms with E-state index in [1.54, 1.807) is 0 Å². The summed E-state index contributed by atoms with van der Waals surface area (Å²) in [6.45, 7) is 6.47. The van der Waals surface area contributed by atoms with Crippen LogP contribution in [-0.2, 0) is 6.42 Å². The van der Waals surface area contributed by atoms with Crippen molar-refractivity contribution < 1.29 is 4.74 Å². The smallest absolute Gasteiger partial charge is 0.137 e. The molecule has 0 aliphatic rings. The van der Waals surface area contributed by atoms with Crippen molar-refractivity contribution >= 4 is 21.8 Å². The fraction of sp³-hybridized carbons (Fsp3) is 0.200. The normalized spacial score (nSPS) is 11.4. The van der Waals surface area contributed by atoms with Gasteiger partial charge >= 0.3 is 0 Å². The Balaban J connectivity index is 1.27. The Morgan fingerprint density at radius 1 is 0.689 bits per heavy atom. The largest absolute Gasteiger partial charge is 0.457 e. The van der Waals surface area contributed by atoms with Gasteiger partial charge in [-0.3, -0.25) is 4.57 Å². The number of ether oxygens (including phenoxy) is 1. The second-order valence-corrected chi connectivity index (χ2v) is 11.8. The van der Waals surface area contributed by atoms with Gasteiger partial charge in [-0.15, -0.1) is 0 Å². The molecule has 5 heteroatoms. The van der Waals surface area contributed by atoms with E-state index in [0.717, 1.165) is 52.6 Å². The van der Waals surface area contributed by atoms with Crippen LogP contribution in [0.4, 0.5) is 0 Å². The summed E-state index contributed by atoms with van der Waals surface area (Å²) in [5, 5.41) is 7.44. The minimum absolute atomic E-state index is 0.773. The van der Waals surface area contributed by atoms with E-state index in [0.29, 0.717) is 0 Å². The van der Waals surface area contributed by atoms with Gasteiger partial charge in [-0.25, -0.2) is 9.67 Å². The Labute approximate surface area is 264 Å². The van der Waals surface area contributed by atoms with Crippen LogP contribution in [-0.4, -0.2) is 19.3 Å². The van der Waals surface area contributed by atoms with Gasteiger partial charge in [0.25, 0.3) is 0 Å². The van der Waals surface area contributed by atoms with Crippen LogP contribution in [0.3, 0.4) is 0 Å². The lowest BCUT2D eigenvalue weighted by molar-refractivity contribution is 0.482. The molecule has 0 spiro atoms. The van der Waals surface area contributed by atoms with Crippen molar-refractivity contribution in [3.05, 3.63) is 132 Å². The molecule has 3 aromatic heterocycles. The molecule has 45 heavy (non-hydrogen) atoms. The first-order valence-corrected chi connectivity index (χ1v) is 16.0. The molecule has 7 aromatic rings. The highest BCUT2D eigenvalue weighted by Crippen LogP contribution is 2.36. The summed E-state index contributed by atoms with van der Waals surface area (Å²) in [6.07, 6.45) is 7.67. The zero-order chi connectivity index (χ0) is 30.8. The number of hydrogen-bond donors (Lipinski definition) is 0. The molecule has 0 radical (unpaired) electrons. The van der Waals surface area contributed by atoms with Crippen LogP contribution in [0.25, 0.3) is 44.4 Å². The summed E-state index contributed by atoms with van der Waals surface area (Å²) in [4.78, 5) is 4.72. The minimum atomic E-state index is 0.773. The second kappa shape index (κ2) is 12.4. The molecule has 0 unspecified atom stereocenters. The highest BCUT2D eigenvalue weighted by atomic mass is 16.5. The Hall–Kier alpha value is -5.16. The molecule has 0 aliphatic heterocycles. The molecule has 4 aromatic carbocycles. The van der Waals surface area contributed by atoms with Crippen LogP contribution in [0.2, 0.25) is 0 Å². The summed E-state index contributed by atoms with van der Waals surface area (Å²) in [5.41, 5.74) is 9.11. The van der Waals surface area contributed by atoms with Gasteiger partial charge in [0.15, 0.2) is 0 Å². The number of fused-ring (bicyclic) bond motifs is 3. The molecule has 0 atom stereocenters. The topological polar surface area (TPSA) is 44.9 Å². The molecule has 0 fully saturated rings. The Morgan fingerprint density at radius 2 is 1.49 bits per heavy atom. The summed E-state index contributed by atoms with van der Waals surface area (Å²) in [7, 11) is 0. The number of nitrogens with zero attached hydrogens (tertiary/aromatic N) is 4. The van der Waals surface area contributed by atoms with E-state index in [1.165, 1.54) is 52.4 Å². The third kappa shape index (κ3) is 5.62. The zero-order valence-electron chi connectivity index (χ0n) is 26.2. The Kier molecular flexibility index (Phi) is 7.91. The van der Waals surface area contributed by atoms with Gasteiger partial charge in [-0.05, 0) is 80.3 Å². The number of hydrogen-bond acceptors (Lipinski definition) is 3. The van der Waals surface area contributed by atoms with Crippen molar-refractivity contribution in [1.29, 1.82) is 0 Å². The van der Waals surface area contributed by atoms with Crippen molar-refractivity contribution in [2.45, 2.75) is 52.9 Å². The third-order valence-corrected chi connectivity index (χ3v) is 8.56. The van der Waals surface area contributed by atoms with Crippen LogP contribution in [0.5, 0.6) is 11.5 Å². The van der Waals surface area contributed by atoms with Gasteiger partial charge in [0.1, 0.15) is 17.3 Å². The summed E-state index contributed by atoms with van der Waals surface area (Å²) < 4.78 is 10.9. The quantitative estimate of drug-likeness (QED) is 0.149. The summed E-state index contributed by atoms with van der Waals surface area (Å²) in [6, 6.07) is 37.9. The first-order chi connectivity index (χ1) is 22.1. The second-order valence-electron chi connectivity index (χ2n) is 11.8. The Morgan fingerprint density at radius 3 is 2.33 bits per heavy atom. The molecule has 7 rings (SSSR count). The van der Waals surface area contributed by atoms with Crippen LogP contribution in [0.15, 0.2) is 115 Å². The number of unbranched alkanes of at least 4 members (excludes halogenated alkanes) is 3. The Bertz CT molecular complexity index is 2100. The lowest BCUT2D eigenvalue weighted by atomic mass is 10.00. The summed E-state index contributed by atoms with van der Waals surface area (Å²) in [5.74, 6) is 2.45. The van der Waals surface area contributed by atoms with E-state index in [1.807, 2.05) is 18.3 Å². The fourth-order valence-corrected chi connectivity index (χ4v) is 6.44. The average Bonchev–Trinajstić information content (AvgIpc) is 3.57. The van der Waals surface area contributed by atoms with Gasteiger partial charge < -0.3 is 4.74 Å². The van der Waals surface area contributed by atoms with Crippen molar-refractivity contribution in [2.75, 3.05) is 0 Å². The molecule has 0 aliphatic carbocycles. The van der Waals surface area contributed by atoms with Gasteiger partial charge in [-0.1, -0.05) is 80.8 Å². The first-order valence-electron chi connectivity index (χ1n) is 16.0. The van der Waals surface area contributed by atoms with E-state index in [-0.39, 0.29) is 0 Å². The van der Waals surface area contributed by atoms with Crippen molar-refractivity contribution in [1.82, 2.24) is 19.3 Å². The van der Waals surface area contributed by atoms with E-state index in [4.69, 9.17) is 14.8 Å². The molecule has 224 valence electrons. The highest BCUT2D eigenvalue weighted by Gasteiger charge is 2.19. The molecule has 0 amide bonds. The predicted molar refractivity (Wildman–Crippen MR) is 185 cm³/mol. The highest BCUT2D eigenvalue weighted by molar-refractivity contribution is 6.09. The average molecular weight is 591 g/mol. The molecular weight excluding hydrogens is 552 g/mol. The predicted octanol–water partition coefficient (Wildman–Crippen LogP) is 10.6. The molecule has 0 bridgehead atoms. The fourth-order valence-electron chi connectivity index (χ4n) is 6.44. The number of rotatable bonds is 10. The van der Waals surface area contributed by atoms with Gasteiger partial charge in [0, 0.05) is 34.7 Å². The van der Waals surface area contributed by atoms with E-state index in [9.17, 15) is 0 Å². The monoisotopic (exact) mass is 590 g/mol. The van der Waals surface area contributed by atoms with Crippen LogP contribution in [0.1, 0.15) is 49.6 Å². The maximum absolute atomic E-state index is 6.56. The van der Waals surface area contributed by atoms with Crippen LogP contribution < -0.4 is 4.74 Å². The SMILES string of the molecule is CCCCCCc1c(-c2ccccc2)c(C)nn1-c1cccc(Oc2ccc3c4ccccc4n(-c4cc(C)ccn4)c3c2)c1. The van der Waals surface area contributed by atoms with E-state index >= 15 is 0 Å². The number of benzene rings is 4. The maximum atomic E-state index is 6.56. The van der Waals surface area contributed by atoms with E-state index < -0.39 is 0 Å². The molecule has 5 nitrogen and oxygen atoms in total.